The molecule has 2 rings (SSSR count). The van der Waals surface area contributed by atoms with Crippen molar-refractivity contribution in [3.05, 3.63) is 35.9 Å². The molecular weight excluding hydrogens is 258 g/mol. The second kappa shape index (κ2) is 6.44. The van der Waals surface area contributed by atoms with E-state index in [2.05, 4.69) is 75.2 Å². The van der Waals surface area contributed by atoms with Crippen LogP contribution in [-0.2, 0) is 6.54 Å². The monoisotopic (exact) mass is 285 g/mol. The summed E-state index contributed by atoms with van der Waals surface area (Å²) >= 11 is 0. The number of nitrogens with zero attached hydrogens (tertiary/aromatic N) is 2. The van der Waals surface area contributed by atoms with Crippen LogP contribution in [0.2, 0.25) is 0 Å². The first kappa shape index (κ1) is 15.8. The molecule has 0 aliphatic heterocycles. The maximum Gasteiger partial charge on any atom is 0.129 e. The maximum absolute atomic E-state index is 4.82. The van der Waals surface area contributed by atoms with Crippen LogP contribution in [0.5, 0.6) is 0 Å². The van der Waals surface area contributed by atoms with Gasteiger partial charge in [0.15, 0.2) is 0 Å². The standard InChI is InChI=1S/C18H27N3/c1-6-21(7-2)17-12-14(13-19-18(3,4)5)15-10-8-9-11-16(15)20-17/h8-12,19H,6-7,13H2,1-5H3. The van der Waals surface area contributed by atoms with E-state index in [-0.39, 0.29) is 5.54 Å². The maximum atomic E-state index is 4.82. The molecule has 3 heteroatoms. The fraction of sp³-hybridized carbons (Fsp3) is 0.500. The highest BCUT2D eigenvalue weighted by molar-refractivity contribution is 5.84. The first-order valence-corrected chi connectivity index (χ1v) is 7.83. The van der Waals surface area contributed by atoms with Gasteiger partial charge in [0.25, 0.3) is 0 Å². The summed E-state index contributed by atoms with van der Waals surface area (Å²) in [6.07, 6.45) is 0. The van der Waals surface area contributed by atoms with Crippen LogP contribution < -0.4 is 10.2 Å². The van der Waals surface area contributed by atoms with Crippen LogP contribution in [0.4, 0.5) is 5.82 Å². The molecule has 0 saturated heterocycles. The van der Waals surface area contributed by atoms with E-state index in [1.807, 2.05) is 0 Å². The minimum Gasteiger partial charge on any atom is -0.357 e. The lowest BCUT2D eigenvalue weighted by atomic mass is 10.1. The van der Waals surface area contributed by atoms with Gasteiger partial charge < -0.3 is 10.2 Å². The number of pyridine rings is 1. The number of hydrogen-bond acceptors (Lipinski definition) is 3. The third-order valence-corrected chi connectivity index (χ3v) is 3.68. The molecule has 3 nitrogen and oxygen atoms in total. The Labute approximate surface area is 128 Å². The van der Waals surface area contributed by atoms with Gasteiger partial charge in [0.2, 0.25) is 0 Å². The van der Waals surface area contributed by atoms with Gasteiger partial charge in [-0.05, 0) is 52.3 Å². The van der Waals surface area contributed by atoms with E-state index in [1.54, 1.807) is 0 Å². The molecule has 0 fully saturated rings. The van der Waals surface area contributed by atoms with E-state index in [0.29, 0.717) is 0 Å². The van der Waals surface area contributed by atoms with E-state index < -0.39 is 0 Å². The van der Waals surface area contributed by atoms with Crippen molar-refractivity contribution in [3.63, 3.8) is 0 Å². The summed E-state index contributed by atoms with van der Waals surface area (Å²) in [7, 11) is 0. The molecule has 0 bridgehead atoms. The molecule has 1 aromatic carbocycles. The van der Waals surface area contributed by atoms with Crippen molar-refractivity contribution < 1.29 is 0 Å². The Morgan fingerprint density at radius 2 is 1.76 bits per heavy atom. The zero-order chi connectivity index (χ0) is 15.5. The molecule has 0 aliphatic carbocycles. The molecule has 0 saturated carbocycles. The number of hydrogen-bond donors (Lipinski definition) is 1. The van der Waals surface area contributed by atoms with E-state index in [1.165, 1.54) is 10.9 Å². The number of para-hydroxylation sites is 1. The third kappa shape index (κ3) is 3.94. The number of nitrogens with one attached hydrogen (secondary N) is 1. The van der Waals surface area contributed by atoms with Crippen molar-refractivity contribution >= 4 is 16.7 Å². The Balaban J connectivity index is 2.45. The fourth-order valence-electron chi connectivity index (χ4n) is 2.45. The fourth-order valence-corrected chi connectivity index (χ4v) is 2.45. The second-order valence-electron chi connectivity index (χ2n) is 6.43. The number of aromatic nitrogens is 1. The summed E-state index contributed by atoms with van der Waals surface area (Å²) in [6, 6.07) is 10.6. The van der Waals surface area contributed by atoms with Gasteiger partial charge in [-0.15, -0.1) is 0 Å². The van der Waals surface area contributed by atoms with Gasteiger partial charge in [-0.2, -0.15) is 0 Å². The average molecular weight is 285 g/mol. The highest BCUT2D eigenvalue weighted by Crippen LogP contribution is 2.23. The molecule has 1 heterocycles. The predicted molar refractivity (Wildman–Crippen MR) is 91.9 cm³/mol. The molecule has 1 aromatic heterocycles. The summed E-state index contributed by atoms with van der Waals surface area (Å²) in [4.78, 5) is 7.12. The zero-order valence-electron chi connectivity index (χ0n) is 13.9. The van der Waals surface area contributed by atoms with Crippen LogP contribution in [0, 0.1) is 0 Å². The van der Waals surface area contributed by atoms with Crippen LogP contribution in [0.3, 0.4) is 0 Å². The Kier molecular flexibility index (Phi) is 4.84. The second-order valence-corrected chi connectivity index (χ2v) is 6.43. The third-order valence-electron chi connectivity index (χ3n) is 3.68. The average Bonchev–Trinajstić information content (AvgIpc) is 2.45. The van der Waals surface area contributed by atoms with E-state index >= 15 is 0 Å². The van der Waals surface area contributed by atoms with Gasteiger partial charge in [0.05, 0.1) is 5.52 Å². The summed E-state index contributed by atoms with van der Waals surface area (Å²) in [5, 5.41) is 4.83. The Morgan fingerprint density at radius 3 is 2.38 bits per heavy atom. The first-order valence-electron chi connectivity index (χ1n) is 7.83. The van der Waals surface area contributed by atoms with Crippen LogP contribution >= 0.6 is 0 Å². The molecule has 0 amide bonds. The molecule has 21 heavy (non-hydrogen) atoms. The summed E-state index contributed by atoms with van der Waals surface area (Å²) in [5.41, 5.74) is 2.50. The van der Waals surface area contributed by atoms with E-state index in [0.717, 1.165) is 31.0 Å². The van der Waals surface area contributed by atoms with Crippen LogP contribution in [0.25, 0.3) is 10.9 Å². The Bertz CT molecular complexity index is 595. The van der Waals surface area contributed by atoms with Gasteiger partial charge in [-0.25, -0.2) is 4.98 Å². The van der Waals surface area contributed by atoms with Gasteiger partial charge >= 0.3 is 0 Å². The lowest BCUT2D eigenvalue weighted by molar-refractivity contribution is 0.425. The van der Waals surface area contributed by atoms with Gasteiger partial charge in [-0.1, -0.05) is 18.2 Å². The van der Waals surface area contributed by atoms with Crippen LogP contribution in [0.1, 0.15) is 40.2 Å². The van der Waals surface area contributed by atoms with Crippen molar-refractivity contribution in [3.8, 4) is 0 Å². The topological polar surface area (TPSA) is 28.2 Å². The summed E-state index contributed by atoms with van der Waals surface area (Å²) in [6.45, 7) is 13.8. The van der Waals surface area contributed by atoms with Crippen molar-refractivity contribution in [1.29, 1.82) is 0 Å². The van der Waals surface area contributed by atoms with Crippen LogP contribution in [-0.4, -0.2) is 23.6 Å². The molecule has 1 N–H and O–H groups in total. The predicted octanol–water partition coefficient (Wildman–Crippen LogP) is 3.97. The molecule has 114 valence electrons. The van der Waals surface area contributed by atoms with Crippen molar-refractivity contribution in [2.24, 2.45) is 0 Å². The molecule has 0 spiro atoms. The molecule has 0 aliphatic rings. The highest BCUT2D eigenvalue weighted by atomic mass is 15.2. The summed E-state index contributed by atoms with van der Waals surface area (Å²) < 4.78 is 0. The number of benzene rings is 1. The SMILES string of the molecule is CCN(CC)c1cc(CNC(C)(C)C)c2ccccc2n1. The molecular formula is C18H27N3. The number of fused-ring (bicyclic) bond motifs is 1. The summed E-state index contributed by atoms with van der Waals surface area (Å²) in [5.74, 6) is 1.07. The van der Waals surface area contributed by atoms with Gasteiger partial charge in [0, 0.05) is 30.6 Å². The molecule has 0 unspecified atom stereocenters. The molecule has 0 atom stereocenters. The quantitative estimate of drug-likeness (QED) is 0.901. The van der Waals surface area contributed by atoms with Crippen molar-refractivity contribution in [2.75, 3.05) is 18.0 Å². The molecule has 0 radical (unpaired) electrons. The lowest BCUT2D eigenvalue weighted by Gasteiger charge is -2.24. The van der Waals surface area contributed by atoms with Crippen LogP contribution in [0.15, 0.2) is 30.3 Å². The highest BCUT2D eigenvalue weighted by Gasteiger charge is 2.13. The molecule has 2 aromatic rings. The number of anilines is 1. The Morgan fingerprint density at radius 1 is 1.10 bits per heavy atom. The minimum absolute atomic E-state index is 0.111. The largest absolute Gasteiger partial charge is 0.357 e. The number of rotatable bonds is 5. The van der Waals surface area contributed by atoms with E-state index in [9.17, 15) is 0 Å². The van der Waals surface area contributed by atoms with Crippen molar-refractivity contribution in [2.45, 2.75) is 46.7 Å². The minimum atomic E-state index is 0.111. The smallest absolute Gasteiger partial charge is 0.129 e. The normalized spacial score (nSPS) is 11.9. The first-order chi connectivity index (χ1) is 9.94. The van der Waals surface area contributed by atoms with E-state index in [4.69, 9.17) is 4.98 Å². The Hall–Kier alpha value is -1.61. The van der Waals surface area contributed by atoms with Gasteiger partial charge in [-0.3, -0.25) is 0 Å². The zero-order valence-corrected chi connectivity index (χ0v) is 13.9. The van der Waals surface area contributed by atoms with Crippen molar-refractivity contribution in [1.82, 2.24) is 10.3 Å². The van der Waals surface area contributed by atoms with Gasteiger partial charge in [0.1, 0.15) is 5.82 Å². The lowest BCUT2D eigenvalue weighted by Crippen LogP contribution is -2.35.